The van der Waals surface area contributed by atoms with E-state index in [0.717, 1.165) is 0 Å². The summed E-state index contributed by atoms with van der Waals surface area (Å²) in [5.74, 6) is -1.18. The molecule has 1 N–H and O–H groups in total. The van der Waals surface area contributed by atoms with Gasteiger partial charge < -0.3 is 10.0 Å². The van der Waals surface area contributed by atoms with E-state index in [1.807, 2.05) is 39.0 Å². The van der Waals surface area contributed by atoms with Crippen molar-refractivity contribution in [3.05, 3.63) is 40.9 Å². The Morgan fingerprint density at radius 1 is 1.27 bits per heavy atom. The number of aliphatic carboxylic acids is 1. The van der Waals surface area contributed by atoms with Gasteiger partial charge in [-0.3, -0.25) is 9.59 Å². The summed E-state index contributed by atoms with van der Waals surface area (Å²) in [5, 5.41) is 14.2. The number of aromatic nitrogens is 3. The van der Waals surface area contributed by atoms with Crippen LogP contribution in [0.2, 0.25) is 5.02 Å². The van der Waals surface area contributed by atoms with Crippen LogP contribution in [-0.4, -0.2) is 49.7 Å². The number of para-hydroxylation sites is 1. The van der Waals surface area contributed by atoms with Gasteiger partial charge in [-0.25, -0.2) is 9.67 Å². The lowest BCUT2D eigenvalue weighted by Crippen LogP contribution is -2.30. The maximum Gasteiger partial charge on any atom is 0.308 e. The highest BCUT2D eigenvalue weighted by Crippen LogP contribution is 2.26. The third kappa shape index (κ3) is 3.31. The van der Waals surface area contributed by atoms with Gasteiger partial charge in [0.25, 0.3) is 5.91 Å². The fourth-order valence-corrected chi connectivity index (χ4v) is 3.40. The SMILES string of the molecule is CC(C)c1nc(C(=O)N2C[C@@H](C)[C@H](C(=O)O)C2)nn1-c1ccccc1Cl. The lowest BCUT2D eigenvalue weighted by atomic mass is 9.99. The van der Waals surface area contributed by atoms with Crippen LogP contribution in [0.25, 0.3) is 5.69 Å². The first-order valence-corrected chi connectivity index (χ1v) is 8.91. The van der Waals surface area contributed by atoms with Gasteiger partial charge in [-0.1, -0.05) is 44.5 Å². The number of carboxylic acid groups (broad SMARTS) is 1. The summed E-state index contributed by atoms with van der Waals surface area (Å²) >= 11 is 6.28. The zero-order valence-electron chi connectivity index (χ0n) is 14.9. The van der Waals surface area contributed by atoms with E-state index in [4.69, 9.17) is 11.6 Å². The number of halogens is 1. The zero-order chi connectivity index (χ0) is 19.0. The molecule has 0 radical (unpaired) electrons. The summed E-state index contributed by atoms with van der Waals surface area (Å²) in [6.45, 7) is 6.32. The van der Waals surface area contributed by atoms with E-state index in [1.54, 1.807) is 10.7 Å². The van der Waals surface area contributed by atoms with Gasteiger partial charge in [-0.2, -0.15) is 0 Å². The van der Waals surface area contributed by atoms with E-state index in [9.17, 15) is 14.7 Å². The van der Waals surface area contributed by atoms with Crippen molar-refractivity contribution in [3.63, 3.8) is 0 Å². The Bertz CT molecular complexity index is 849. The monoisotopic (exact) mass is 376 g/mol. The molecule has 2 aromatic rings. The number of carboxylic acids is 1. The average Bonchev–Trinajstić information content (AvgIpc) is 3.19. The number of carbonyl (C=O) groups is 2. The molecule has 138 valence electrons. The second-order valence-corrected chi connectivity index (χ2v) is 7.35. The number of rotatable bonds is 4. The van der Waals surface area contributed by atoms with Crippen molar-refractivity contribution in [3.8, 4) is 5.69 Å². The molecular formula is C18H21ClN4O3. The molecule has 0 aliphatic carbocycles. The van der Waals surface area contributed by atoms with Gasteiger partial charge in [0.15, 0.2) is 0 Å². The van der Waals surface area contributed by atoms with Crippen LogP contribution < -0.4 is 0 Å². The van der Waals surface area contributed by atoms with E-state index < -0.39 is 11.9 Å². The first-order chi connectivity index (χ1) is 12.3. The van der Waals surface area contributed by atoms with Crippen molar-refractivity contribution in [2.45, 2.75) is 26.7 Å². The first kappa shape index (κ1) is 18.4. The molecule has 1 saturated heterocycles. The molecule has 0 bridgehead atoms. The fourth-order valence-electron chi connectivity index (χ4n) is 3.18. The molecule has 1 aromatic carbocycles. The number of hydrogen-bond acceptors (Lipinski definition) is 4. The molecule has 1 aliphatic rings. The Kier molecular flexibility index (Phi) is 5.00. The molecular weight excluding hydrogens is 356 g/mol. The first-order valence-electron chi connectivity index (χ1n) is 8.53. The summed E-state index contributed by atoms with van der Waals surface area (Å²) in [7, 11) is 0. The van der Waals surface area contributed by atoms with Gasteiger partial charge in [0, 0.05) is 19.0 Å². The highest BCUT2D eigenvalue weighted by atomic mass is 35.5. The quantitative estimate of drug-likeness (QED) is 0.886. The zero-order valence-corrected chi connectivity index (χ0v) is 15.6. The van der Waals surface area contributed by atoms with Crippen molar-refractivity contribution < 1.29 is 14.7 Å². The van der Waals surface area contributed by atoms with Crippen molar-refractivity contribution in [2.75, 3.05) is 13.1 Å². The molecule has 3 rings (SSSR count). The maximum atomic E-state index is 12.8. The van der Waals surface area contributed by atoms with Crippen LogP contribution in [-0.2, 0) is 4.79 Å². The number of likely N-dealkylation sites (tertiary alicyclic amines) is 1. The van der Waals surface area contributed by atoms with E-state index in [1.165, 1.54) is 4.90 Å². The third-order valence-electron chi connectivity index (χ3n) is 4.64. The molecule has 8 heteroatoms. The van der Waals surface area contributed by atoms with Gasteiger partial charge in [0.1, 0.15) is 5.82 Å². The van der Waals surface area contributed by atoms with E-state index in [0.29, 0.717) is 23.1 Å². The van der Waals surface area contributed by atoms with Crippen LogP contribution in [0, 0.1) is 11.8 Å². The van der Waals surface area contributed by atoms with Crippen molar-refractivity contribution in [2.24, 2.45) is 11.8 Å². The fraction of sp³-hybridized carbons (Fsp3) is 0.444. The van der Waals surface area contributed by atoms with Crippen LogP contribution in [0.4, 0.5) is 0 Å². The van der Waals surface area contributed by atoms with E-state index in [-0.39, 0.29) is 30.1 Å². The molecule has 1 amide bonds. The molecule has 7 nitrogen and oxygen atoms in total. The lowest BCUT2D eigenvalue weighted by Gasteiger charge is -2.13. The van der Waals surface area contributed by atoms with Crippen molar-refractivity contribution in [1.29, 1.82) is 0 Å². The standard InChI is InChI=1S/C18H21ClN4O3/c1-10(2)16-20-15(21-23(16)14-7-5-4-6-13(14)19)17(24)22-8-11(3)12(9-22)18(25)26/h4-7,10-12H,8-9H2,1-3H3,(H,25,26)/t11-,12-/m1/s1. The Morgan fingerprint density at radius 3 is 2.54 bits per heavy atom. The number of benzene rings is 1. The molecule has 26 heavy (non-hydrogen) atoms. The number of hydrogen-bond donors (Lipinski definition) is 1. The Morgan fingerprint density at radius 2 is 1.96 bits per heavy atom. The van der Waals surface area contributed by atoms with Gasteiger partial charge in [-0.15, -0.1) is 5.10 Å². The second kappa shape index (κ2) is 7.07. The minimum atomic E-state index is -0.884. The third-order valence-corrected chi connectivity index (χ3v) is 4.96. The number of amides is 1. The van der Waals surface area contributed by atoms with E-state index >= 15 is 0 Å². The Balaban J connectivity index is 1.95. The van der Waals surface area contributed by atoms with Gasteiger partial charge in [0.2, 0.25) is 5.82 Å². The molecule has 0 saturated carbocycles. The molecule has 2 atom stereocenters. The Labute approximate surface area is 156 Å². The lowest BCUT2D eigenvalue weighted by molar-refractivity contribution is -0.142. The normalized spacial score (nSPS) is 20.0. The maximum absolute atomic E-state index is 12.8. The second-order valence-electron chi connectivity index (χ2n) is 6.94. The summed E-state index contributed by atoms with van der Waals surface area (Å²) in [5.41, 5.74) is 0.655. The summed E-state index contributed by atoms with van der Waals surface area (Å²) in [4.78, 5) is 30.1. The minimum Gasteiger partial charge on any atom is -0.481 e. The van der Waals surface area contributed by atoms with Crippen LogP contribution in [0.5, 0.6) is 0 Å². The largest absolute Gasteiger partial charge is 0.481 e. The minimum absolute atomic E-state index is 0.0320. The molecule has 1 aromatic heterocycles. The van der Waals surface area contributed by atoms with Gasteiger partial charge >= 0.3 is 5.97 Å². The smallest absolute Gasteiger partial charge is 0.308 e. The van der Waals surface area contributed by atoms with Crippen LogP contribution in [0.3, 0.4) is 0 Å². The number of nitrogens with zero attached hydrogens (tertiary/aromatic N) is 4. The van der Waals surface area contributed by atoms with Crippen LogP contribution in [0.1, 0.15) is 43.1 Å². The molecule has 0 spiro atoms. The Hall–Kier alpha value is -2.41. The average molecular weight is 377 g/mol. The molecule has 0 unspecified atom stereocenters. The number of carbonyl (C=O) groups excluding carboxylic acids is 1. The molecule has 2 heterocycles. The van der Waals surface area contributed by atoms with Crippen molar-refractivity contribution >= 4 is 23.5 Å². The highest BCUT2D eigenvalue weighted by molar-refractivity contribution is 6.32. The molecule has 1 fully saturated rings. The van der Waals surface area contributed by atoms with Crippen LogP contribution in [0.15, 0.2) is 24.3 Å². The van der Waals surface area contributed by atoms with Crippen LogP contribution >= 0.6 is 11.6 Å². The highest BCUT2D eigenvalue weighted by Gasteiger charge is 2.38. The van der Waals surface area contributed by atoms with Crippen molar-refractivity contribution in [1.82, 2.24) is 19.7 Å². The molecule has 1 aliphatic heterocycles. The van der Waals surface area contributed by atoms with E-state index in [2.05, 4.69) is 10.1 Å². The van der Waals surface area contributed by atoms with Gasteiger partial charge in [-0.05, 0) is 18.1 Å². The predicted octanol–water partition coefficient (Wildman–Crippen LogP) is 2.84. The summed E-state index contributed by atoms with van der Waals surface area (Å²) in [6.07, 6.45) is 0. The topological polar surface area (TPSA) is 88.3 Å². The summed E-state index contributed by atoms with van der Waals surface area (Å²) in [6, 6.07) is 7.23. The summed E-state index contributed by atoms with van der Waals surface area (Å²) < 4.78 is 1.59. The predicted molar refractivity (Wildman–Crippen MR) is 96.7 cm³/mol. The van der Waals surface area contributed by atoms with Gasteiger partial charge in [0.05, 0.1) is 16.6 Å².